The highest BCUT2D eigenvalue weighted by Gasteiger charge is 2.21. The molecule has 0 saturated carbocycles. The number of benzene rings is 1. The Morgan fingerprint density at radius 2 is 2.04 bits per heavy atom. The van der Waals surface area contributed by atoms with Crippen LogP contribution in [0, 0.1) is 0 Å². The van der Waals surface area contributed by atoms with E-state index in [1.54, 1.807) is 6.20 Å². The Balaban J connectivity index is 1.55. The second-order valence-electron chi connectivity index (χ2n) is 6.50. The lowest BCUT2D eigenvalue weighted by Gasteiger charge is -2.24. The predicted molar refractivity (Wildman–Crippen MR) is 99.5 cm³/mol. The summed E-state index contributed by atoms with van der Waals surface area (Å²) in [6, 6.07) is 11.4. The van der Waals surface area contributed by atoms with Gasteiger partial charge >= 0.3 is 0 Å². The van der Waals surface area contributed by atoms with Crippen LogP contribution in [0.5, 0.6) is 0 Å². The molecule has 1 saturated heterocycles. The molecule has 6 heteroatoms. The Labute approximate surface area is 148 Å². The van der Waals surface area contributed by atoms with E-state index >= 15 is 0 Å². The molecule has 2 heterocycles. The first-order chi connectivity index (χ1) is 12.1. The Hall–Kier alpha value is -2.44. The number of hydrogen-bond donors (Lipinski definition) is 4. The van der Waals surface area contributed by atoms with Crippen LogP contribution in [-0.2, 0) is 11.2 Å². The molecule has 0 spiro atoms. The first-order valence-electron chi connectivity index (χ1n) is 8.72. The number of aromatic nitrogens is 1. The van der Waals surface area contributed by atoms with Crippen molar-refractivity contribution < 1.29 is 4.79 Å². The van der Waals surface area contributed by atoms with E-state index in [-0.39, 0.29) is 11.9 Å². The van der Waals surface area contributed by atoms with Gasteiger partial charge in [-0.2, -0.15) is 0 Å². The molecule has 1 fully saturated rings. The van der Waals surface area contributed by atoms with E-state index in [2.05, 4.69) is 15.6 Å². The van der Waals surface area contributed by atoms with Gasteiger partial charge in [0.2, 0.25) is 5.91 Å². The first kappa shape index (κ1) is 17.4. The Bertz CT molecular complexity index is 693. The van der Waals surface area contributed by atoms with E-state index in [9.17, 15) is 4.79 Å². The summed E-state index contributed by atoms with van der Waals surface area (Å²) in [6.45, 7) is 0.893. The quantitative estimate of drug-likeness (QED) is 0.487. The zero-order valence-corrected chi connectivity index (χ0v) is 14.2. The Morgan fingerprint density at radius 1 is 1.24 bits per heavy atom. The van der Waals surface area contributed by atoms with Crippen molar-refractivity contribution in [1.29, 1.82) is 0 Å². The van der Waals surface area contributed by atoms with Crippen LogP contribution in [0.15, 0.2) is 42.6 Å². The number of amides is 1. The third-order valence-electron chi connectivity index (χ3n) is 4.44. The summed E-state index contributed by atoms with van der Waals surface area (Å²) < 4.78 is 0. The number of pyridine rings is 1. The zero-order chi connectivity index (χ0) is 17.6. The summed E-state index contributed by atoms with van der Waals surface area (Å²) in [5.41, 5.74) is 15.4. The van der Waals surface area contributed by atoms with E-state index in [4.69, 9.17) is 11.5 Å². The minimum absolute atomic E-state index is 0.0151. The molecule has 0 bridgehead atoms. The van der Waals surface area contributed by atoms with Crippen molar-refractivity contribution >= 4 is 11.6 Å². The number of piperidine rings is 1. The van der Waals surface area contributed by atoms with Crippen molar-refractivity contribution in [3.63, 3.8) is 0 Å². The van der Waals surface area contributed by atoms with E-state index in [1.807, 2.05) is 36.4 Å². The van der Waals surface area contributed by atoms with Crippen LogP contribution in [0.1, 0.15) is 24.8 Å². The molecule has 6 nitrogen and oxygen atoms in total. The topological polar surface area (TPSA) is 106 Å². The monoisotopic (exact) mass is 339 g/mol. The Kier molecular flexibility index (Phi) is 5.63. The maximum Gasteiger partial charge on any atom is 0.238 e. The molecule has 25 heavy (non-hydrogen) atoms. The van der Waals surface area contributed by atoms with Crippen LogP contribution in [0.3, 0.4) is 0 Å². The second-order valence-corrected chi connectivity index (χ2v) is 6.50. The average Bonchev–Trinajstić information content (AvgIpc) is 2.64. The number of hydrogen-bond acceptors (Lipinski definition) is 5. The largest absolute Gasteiger partial charge is 0.399 e. The highest BCUT2D eigenvalue weighted by molar-refractivity contribution is 5.82. The van der Waals surface area contributed by atoms with Crippen LogP contribution < -0.4 is 22.1 Å². The van der Waals surface area contributed by atoms with Gasteiger partial charge in [0.25, 0.3) is 0 Å². The predicted octanol–water partition coefficient (Wildman–Crippen LogP) is 1.42. The fourth-order valence-electron chi connectivity index (χ4n) is 3.03. The summed E-state index contributed by atoms with van der Waals surface area (Å²) in [5, 5.41) is 6.11. The number of carbonyl (C=O) groups is 1. The minimum atomic E-state index is -0.416. The number of nitrogens with zero attached hydrogens (tertiary/aromatic N) is 1. The number of nitrogens with one attached hydrogen (secondary N) is 2. The van der Waals surface area contributed by atoms with Gasteiger partial charge in [-0.05, 0) is 43.1 Å². The van der Waals surface area contributed by atoms with Crippen molar-refractivity contribution in [2.45, 2.75) is 37.9 Å². The smallest absolute Gasteiger partial charge is 0.238 e. The number of anilines is 1. The molecule has 6 N–H and O–H groups in total. The van der Waals surface area contributed by atoms with Gasteiger partial charge in [0.15, 0.2) is 0 Å². The zero-order valence-electron chi connectivity index (χ0n) is 14.2. The molecule has 2 atom stereocenters. The van der Waals surface area contributed by atoms with Crippen molar-refractivity contribution in [2.24, 2.45) is 5.73 Å². The van der Waals surface area contributed by atoms with Crippen molar-refractivity contribution in [3.05, 3.63) is 48.2 Å². The maximum absolute atomic E-state index is 12.2. The van der Waals surface area contributed by atoms with E-state index in [0.29, 0.717) is 6.42 Å². The molecule has 1 aliphatic heterocycles. The molecule has 1 aromatic heterocycles. The third-order valence-corrected chi connectivity index (χ3v) is 4.44. The summed E-state index contributed by atoms with van der Waals surface area (Å²) in [6.07, 6.45) is 5.01. The number of nitrogens with two attached hydrogens (primary N) is 2. The van der Waals surface area contributed by atoms with E-state index in [1.165, 1.54) is 0 Å². The maximum atomic E-state index is 12.2. The number of carbonyl (C=O) groups excluding carboxylic acids is 1. The molecular formula is C19H25N5O. The minimum Gasteiger partial charge on any atom is -0.399 e. The van der Waals surface area contributed by atoms with Gasteiger partial charge in [0.05, 0.1) is 17.9 Å². The lowest BCUT2D eigenvalue weighted by atomic mass is 10.0. The van der Waals surface area contributed by atoms with Crippen LogP contribution in [-0.4, -0.2) is 29.6 Å². The molecule has 0 aliphatic carbocycles. The van der Waals surface area contributed by atoms with Gasteiger partial charge in [0.1, 0.15) is 0 Å². The van der Waals surface area contributed by atoms with Crippen molar-refractivity contribution in [2.75, 3.05) is 12.3 Å². The van der Waals surface area contributed by atoms with Gasteiger partial charge in [-0.3, -0.25) is 9.78 Å². The molecule has 0 unspecified atom stereocenters. The summed E-state index contributed by atoms with van der Waals surface area (Å²) in [5.74, 6) is -0.0151. The summed E-state index contributed by atoms with van der Waals surface area (Å²) in [7, 11) is 0. The molecule has 3 rings (SSSR count). The van der Waals surface area contributed by atoms with Gasteiger partial charge in [0, 0.05) is 23.9 Å². The summed E-state index contributed by atoms with van der Waals surface area (Å²) >= 11 is 0. The highest BCUT2D eigenvalue weighted by atomic mass is 16.2. The third kappa shape index (κ3) is 4.78. The summed E-state index contributed by atoms with van der Waals surface area (Å²) in [4.78, 5) is 16.7. The fraction of sp³-hybridized carbons (Fsp3) is 0.368. The SMILES string of the molecule is Nc1ccc(-c2ccc(C[C@@H](N)NC(=O)[C@@H]3CCCCN3)cn2)cc1. The molecule has 1 aromatic carbocycles. The molecule has 1 aliphatic rings. The van der Waals surface area contributed by atoms with Crippen LogP contribution >= 0.6 is 0 Å². The molecular weight excluding hydrogens is 314 g/mol. The average molecular weight is 339 g/mol. The molecule has 0 radical (unpaired) electrons. The Morgan fingerprint density at radius 3 is 2.68 bits per heavy atom. The lowest BCUT2D eigenvalue weighted by Crippen LogP contribution is -2.52. The normalized spacial score (nSPS) is 18.5. The van der Waals surface area contributed by atoms with Gasteiger partial charge in [-0.25, -0.2) is 0 Å². The van der Waals surface area contributed by atoms with Gasteiger partial charge in [-0.15, -0.1) is 0 Å². The van der Waals surface area contributed by atoms with E-state index in [0.717, 1.165) is 48.3 Å². The van der Waals surface area contributed by atoms with E-state index < -0.39 is 6.17 Å². The lowest BCUT2D eigenvalue weighted by molar-refractivity contribution is -0.124. The van der Waals surface area contributed by atoms with Crippen LogP contribution in [0.4, 0.5) is 5.69 Å². The van der Waals surface area contributed by atoms with Crippen LogP contribution in [0.25, 0.3) is 11.3 Å². The highest BCUT2D eigenvalue weighted by Crippen LogP contribution is 2.18. The molecule has 2 aromatic rings. The second kappa shape index (κ2) is 8.09. The van der Waals surface area contributed by atoms with Gasteiger partial charge < -0.3 is 22.1 Å². The molecule has 132 valence electrons. The first-order valence-corrected chi connectivity index (χ1v) is 8.72. The molecule has 1 amide bonds. The van der Waals surface area contributed by atoms with Crippen LogP contribution in [0.2, 0.25) is 0 Å². The number of rotatable bonds is 5. The van der Waals surface area contributed by atoms with Crippen molar-refractivity contribution in [1.82, 2.24) is 15.6 Å². The van der Waals surface area contributed by atoms with Gasteiger partial charge in [-0.1, -0.05) is 24.6 Å². The van der Waals surface area contributed by atoms with Crippen molar-refractivity contribution in [3.8, 4) is 11.3 Å². The standard InChI is InChI=1S/C19H25N5O/c20-15-7-5-14(6-8-15)16-9-4-13(12-23-16)11-18(21)24-19(25)17-3-1-2-10-22-17/h4-9,12,17-18,22H,1-3,10-11,20-21H2,(H,24,25)/t17-,18-/m0/s1. The fourth-order valence-corrected chi connectivity index (χ4v) is 3.03. The number of nitrogen functional groups attached to an aromatic ring is 1.